The van der Waals surface area contributed by atoms with Crippen molar-refractivity contribution in [3.8, 4) is 0 Å². The van der Waals surface area contributed by atoms with E-state index < -0.39 is 5.97 Å². The second-order valence-corrected chi connectivity index (χ2v) is 1.67. The van der Waals surface area contributed by atoms with Gasteiger partial charge in [-0.25, -0.2) is 4.79 Å². The van der Waals surface area contributed by atoms with Gasteiger partial charge < -0.3 is 5.11 Å². The van der Waals surface area contributed by atoms with Crippen LogP contribution in [0.2, 0.25) is 0 Å². The number of hydrogen-bond acceptors (Lipinski definition) is 1. The Bertz CT molecular complexity index is 218. The molecule has 0 unspecified atom stereocenters. The highest BCUT2D eigenvalue weighted by molar-refractivity contribution is 5.87. The van der Waals surface area contributed by atoms with Crippen LogP contribution in [0, 0.1) is 0 Å². The third-order valence-corrected chi connectivity index (χ3v) is 1.02. The first-order valence-corrected chi connectivity index (χ1v) is 2.59. The predicted molar refractivity (Wildman–Crippen MR) is 76.9 cm³/mol. The standard InChI is InChI=1S/C7H6O2.6ClH/c8-7(9)6-4-2-1-3-5-6;;;;;;/h1-5H,(H,8,9);6*1H. The molecule has 0 bridgehead atoms. The SMILES string of the molecule is Cl.Cl.Cl.Cl.Cl.Cl.O=C(O)c1ccccc1. The molecule has 0 fully saturated rings. The zero-order chi connectivity index (χ0) is 6.69. The van der Waals surface area contributed by atoms with Crippen molar-refractivity contribution in [1.29, 1.82) is 0 Å². The third-order valence-electron chi connectivity index (χ3n) is 1.02. The molecule has 0 aromatic heterocycles. The van der Waals surface area contributed by atoms with E-state index in [1.165, 1.54) is 0 Å². The van der Waals surface area contributed by atoms with Crippen LogP contribution in [0.25, 0.3) is 0 Å². The molecular weight excluding hydrogens is 329 g/mol. The van der Waals surface area contributed by atoms with E-state index in [0.29, 0.717) is 5.56 Å². The van der Waals surface area contributed by atoms with Crippen LogP contribution in [0.3, 0.4) is 0 Å². The lowest BCUT2D eigenvalue weighted by molar-refractivity contribution is 0.0697. The predicted octanol–water partition coefficient (Wildman–Crippen LogP) is 3.92. The summed E-state index contributed by atoms with van der Waals surface area (Å²) in [5, 5.41) is 8.38. The van der Waals surface area contributed by atoms with Crippen LogP contribution in [0.1, 0.15) is 10.4 Å². The van der Waals surface area contributed by atoms with Crippen LogP contribution in [0.4, 0.5) is 0 Å². The number of carboxylic acids is 1. The summed E-state index contributed by atoms with van der Waals surface area (Å²) in [5.74, 6) is -0.879. The van der Waals surface area contributed by atoms with Gasteiger partial charge in [-0.3, -0.25) is 0 Å². The fourth-order valence-corrected chi connectivity index (χ4v) is 0.581. The lowest BCUT2D eigenvalue weighted by Gasteiger charge is -1.88. The van der Waals surface area contributed by atoms with Crippen molar-refractivity contribution in [3.63, 3.8) is 0 Å². The van der Waals surface area contributed by atoms with Crippen LogP contribution < -0.4 is 0 Å². The van der Waals surface area contributed by atoms with E-state index in [4.69, 9.17) is 5.11 Å². The van der Waals surface area contributed by atoms with Crippen LogP contribution >= 0.6 is 74.4 Å². The molecule has 0 aliphatic rings. The van der Waals surface area contributed by atoms with Gasteiger partial charge in [-0.15, -0.1) is 74.4 Å². The number of carboxylic acid groups (broad SMARTS) is 1. The third kappa shape index (κ3) is 14.4. The number of benzene rings is 1. The normalized spacial score (nSPS) is 5.33. The molecule has 8 heteroatoms. The highest BCUT2D eigenvalue weighted by Gasteiger charge is 1.96. The molecule has 0 saturated heterocycles. The van der Waals surface area contributed by atoms with Crippen molar-refractivity contribution in [2.75, 3.05) is 0 Å². The van der Waals surface area contributed by atoms with E-state index in [1.54, 1.807) is 30.3 Å². The molecule has 0 aliphatic heterocycles. The average molecular weight is 341 g/mol. The highest BCUT2D eigenvalue weighted by Crippen LogP contribution is 1.96. The lowest BCUT2D eigenvalue weighted by atomic mass is 10.2. The van der Waals surface area contributed by atoms with Crippen molar-refractivity contribution in [3.05, 3.63) is 35.9 Å². The molecule has 15 heavy (non-hydrogen) atoms. The zero-order valence-electron chi connectivity index (χ0n) is 7.19. The monoisotopic (exact) mass is 338 g/mol. The van der Waals surface area contributed by atoms with E-state index >= 15 is 0 Å². The summed E-state index contributed by atoms with van der Waals surface area (Å²) in [4.78, 5) is 10.2. The van der Waals surface area contributed by atoms with Gasteiger partial charge in [0.1, 0.15) is 0 Å². The molecule has 1 N–H and O–H groups in total. The Hall–Kier alpha value is 0.430. The van der Waals surface area contributed by atoms with E-state index in [0.717, 1.165) is 0 Å². The lowest BCUT2D eigenvalue weighted by Crippen LogP contribution is -1.93. The maximum Gasteiger partial charge on any atom is 0.335 e. The van der Waals surface area contributed by atoms with Gasteiger partial charge in [0.05, 0.1) is 5.56 Å². The van der Waals surface area contributed by atoms with Gasteiger partial charge >= 0.3 is 5.97 Å². The molecular formula is C7H12Cl6O2. The van der Waals surface area contributed by atoms with E-state index in [2.05, 4.69) is 0 Å². The maximum absolute atomic E-state index is 10.2. The molecule has 0 heterocycles. The van der Waals surface area contributed by atoms with Crippen LogP contribution in [0.5, 0.6) is 0 Å². The van der Waals surface area contributed by atoms with E-state index in [1.807, 2.05) is 0 Å². The maximum atomic E-state index is 10.2. The summed E-state index contributed by atoms with van der Waals surface area (Å²) in [7, 11) is 0. The molecule has 0 saturated carbocycles. The number of carbonyl (C=O) groups is 1. The minimum atomic E-state index is -0.879. The molecule has 0 spiro atoms. The van der Waals surface area contributed by atoms with Crippen LogP contribution in [-0.4, -0.2) is 11.1 Å². The number of hydrogen-bond donors (Lipinski definition) is 1. The number of halogens is 6. The minimum absolute atomic E-state index is 0. The first-order valence-electron chi connectivity index (χ1n) is 2.59. The summed E-state index contributed by atoms with van der Waals surface area (Å²) in [5.41, 5.74) is 0.331. The fourth-order valence-electron chi connectivity index (χ4n) is 0.581. The molecule has 1 aromatic carbocycles. The van der Waals surface area contributed by atoms with Crippen LogP contribution in [-0.2, 0) is 0 Å². The Morgan fingerprint density at radius 2 is 1.13 bits per heavy atom. The van der Waals surface area contributed by atoms with Gasteiger partial charge in [0.25, 0.3) is 0 Å². The summed E-state index contributed by atoms with van der Waals surface area (Å²) in [6.45, 7) is 0. The summed E-state index contributed by atoms with van der Waals surface area (Å²) < 4.78 is 0. The first kappa shape index (κ1) is 36.1. The quantitative estimate of drug-likeness (QED) is 0.841. The fraction of sp³-hybridized carbons (Fsp3) is 0. The Morgan fingerprint density at radius 1 is 0.800 bits per heavy atom. The van der Waals surface area contributed by atoms with Crippen molar-refractivity contribution < 1.29 is 9.90 Å². The van der Waals surface area contributed by atoms with E-state index in [-0.39, 0.29) is 74.4 Å². The second kappa shape index (κ2) is 19.9. The summed E-state index contributed by atoms with van der Waals surface area (Å²) in [6.07, 6.45) is 0. The molecule has 1 aromatic rings. The Morgan fingerprint density at radius 3 is 1.33 bits per heavy atom. The van der Waals surface area contributed by atoms with Gasteiger partial charge in [-0.05, 0) is 12.1 Å². The zero-order valence-corrected chi connectivity index (χ0v) is 12.1. The van der Waals surface area contributed by atoms with Crippen molar-refractivity contribution in [1.82, 2.24) is 0 Å². The van der Waals surface area contributed by atoms with Gasteiger partial charge in [0.2, 0.25) is 0 Å². The second-order valence-electron chi connectivity index (χ2n) is 1.67. The molecule has 2 nitrogen and oxygen atoms in total. The Labute approximate surface area is 126 Å². The molecule has 0 radical (unpaired) electrons. The summed E-state index contributed by atoms with van der Waals surface area (Å²) >= 11 is 0. The Balaban J connectivity index is -0.0000000337. The largest absolute Gasteiger partial charge is 0.478 e. The topological polar surface area (TPSA) is 37.3 Å². The first-order chi connectivity index (χ1) is 4.30. The smallest absolute Gasteiger partial charge is 0.335 e. The average Bonchev–Trinajstić information content (AvgIpc) is 1.90. The summed E-state index contributed by atoms with van der Waals surface area (Å²) in [6, 6.07) is 8.30. The molecule has 0 atom stereocenters. The number of aromatic carboxylic acids is 1. The molecule has 0 aliphatic carbocycles. The van der Waals surface area contributed by atoms with Crippen molar-refractivity contribution in [2.24, 2.45) is 0 Å². The van der Waals surface area contributed by atoms with Crippen molar-refractivity contribution >= 4 is 80.4 Å². The number of rotatable bonds is 1. The van der Waals surface area contributed by atoms with Crippen LogP contribution in [0.15, 0.2) is 30.3 Å². The van der Waals surface area contributed by atoms with Gasteiger partial charge in [-0.1, -0.05) is 18.2 Å². The molecule has 0 amide bonds. The molecule has 94 valence electrons. The van der Waals surface area contributed by atoms with Gasteiger partial charge in [0, 0.05) is 0 Å². The Kier molecular flexibility index (Phi) is 48.0. The van der Waals surface area contributed by atoms with Crippen molar-refractivity contribution in [2.45, 2.75) is 0 Å². The van der Waals surface area contributed by atoms with Gasteiger partial charge in [-0.2, -0.15) is 0 Å². The van der Waals surface area contributed by atoms with E-state index in [9.17, 15) is 4.79 Å². The molecule has 1 rings (SSSR count). The highest BCUT2D eigenvalue weighted by atomic mass is 35.5. The minimum Gasteiger partial charge on any atom is -0.478 e. The van der Waals surface area contributed by atoms with Gasteiger partial charge in [0.15, 0.2) is 0 Å².